The molecule has 0 radical (unpaired) electrons. The highest BCUT2D eigenvalue weighted by Crippen LogP contribution is 1.96. The third-order valence-electron chi connectivity index (χ3n) is 1.41. The van der Waals surface area contributed by atoms with Crippen LogP contribution in [0.5, 0.6) is 0 Å². The maximum atomic E-state index is 11.1. The molecule has 2 rings (SSSR count). The van der Waals surface area contributed by atoms with E-state index in [1.54, 1.807) is 7.05 Å². The van der Waals surface area contributed by atoms with Gasteiger partial charge in [-0.3, -0.25) is 4.79 Å². The number of nitrogens with zero attached hydrogens (tertiary/aromatic N) is 4. The smallest absolute Gasteiger partial charge is 0.278 e. The summed E-state index contributed by atoms with van der Waals surface area (Å²) in [5, 5.41) is 7.30. The predicted molar refractivity (Wildman–Crippen MR) is 36.9 cm³/mol. The summed E-state index contributed by atoms with van der Waals surface area (Å²) >= 11 is 0. The third kappa shape index (κ3) is 0.721. The van der Waals surface area contributed by atoms with Gasteiger partial charge in [0.1, 0.15) is 0 Å². The summed E-state index contributed by atoms with van der Waals surface area (Å²) in [6.07, 6.45) is 1.30. The van der Waals surface area contributed by atoms with Crippen molar-refractivity contribution in [1.29, 1.82) is 0 Å². The highest BCUT2D eigenvalue weighted by atomic mass is 16.1. The van der Waals surface area contributed by atoms with Gasteiger partial charge in [0.2, 0.25) is 5.65 Å². The molecule has 2 aromatic rings. The largest absolute Gasteiger partial charge is 0.311 e. The van der Waals surface area contributed by atoms with E-state index >= 15 is 0 Å². The topological polar surface area (TPSA) is 76.5 Å². The maximum absolute atomic E-state index is 11.1. The number of rotatable bonds is 0. The van der Waals surface area contributed by atoms with Crippen molar-refractivity contribution in [2.24, 2.45) is 7.05 Å². The summed E-state index contributed by atoms with van der Waals surface area (Å²) in [6.45, 7) is 0. The SMILES string of the molecule is Cn1nnc2nc[nH]c(=O)c21. The van der Waals surface area contributed by atoms with Crippen LogP contribution in [0.15, 0.2) is 11.1 Å². The highest BCUT2D eigenvalue weighted by Gasteiger charge is 2.04. The molecule has 0 fully saturated rings. The van der Waals surface area contributed by atoms with E-state index in [1.807, 2.05) is 0 Å². The molecule has 0 aliphatic carbocycles. The first-order valence-electron chi connectivity index (χ1n) is 3.02. The second-order valence-electron chi connectivity index (χ2n) is 2.12. The molecule has 0 unspecified atom stereocenters. The van der Waals surface area contributed by atoms with E-state index in [1.165, 1.54) is 11.0 Å². The number of fused-ring (bicyclic) bond motifs is 1. The third-order valence-corrected chi connectivity index (χ3v) is 1.41. The molecular formula is C5H5N5O. The molecule has 56 valence electrons. The van der Waals surface area contributed by atoms with E-state index in [4.69, 9.17) is 0 Å². The Morgan fingerprint density at radius 2 is 2.45 bits per heavy atom. The molecule has 6 nitrogen and oxygen atoms in total. The zero-order valence-electron chi connectivity index (χ0n) is 5.77. The maximum Gasteiger partial charge on any atom is 0.278 e. The van der Waals surface area contributed by atoms with Crippen LogP contribution < -0.4 is 5.56 Å². The zero-order chi connectivity index (χ0) is 7.84. The van der Waals surface area contributed by atoms with Crippen molar-refractivity contribution < 1.29 is 0 Å². The fraction of sp³-hybridized carbons (Fsp3) is 0.200. The van der Waals surface area contributed by atoms with Crippen molar-refractivity contribution >= 4 is 11.2 Å². The predicted octanol–water partition coefficient (Wildman–Crippen LogP) is -0.948. The van der Waals surface area contributed by atoms with E-state index < -0.39 is 0 Å². The Kier molecular flexibility index (Phi) is 1.03. The normalized spacial score (nSPS) is 10.6. The molecule has 0 saturated carbocycles. The lowest BCUT2D eigenvalue weighted by Crippen LogP contribution is -2.09. The molecule has 6 heteroatoms. The van der Waals surface area contributed by atoms with E-state index in [0.29, 0.717) is 11.2 Å². The number of nitrogens with one attached hydrogen (secondary N) is 1. The molecule has 0 spiro atoms. The summed E-state index contributed by atoms with van der Waals surface area (Å²) < 4.78 is 1.39. The Balaban J connectivity index is 3.08. The summed E-state index contributed by atoms with van der Waals surface area (Å²) in [6, 6.07) is 0. The molecule has 0 atom stereocenters. The van der Waals surface area contributed by atoms with Gasteiger partial charge in [0.05, 0.1) is 6.33 Å². The number of aromatic nitrogens is 5. The van der Waals surface area contributed by atoms with Crippen molar-refractivity contribution in [3.63, 3.8) is 0 Å². The Morgan fingerprint density at radius 3 is 3.18 bits per heavy atom. The first kappa shape index (κ1) is 6.02. The molecule has 11 heavy (non-hydrogen) atoms. The molecule has 0 bridgehead atoms. The van der Waals surface area contributed by atoms with Crippen LogP contribution in [-0.4, -0.2) is 25.0 Å². The standard InChI is InChI=1S/C5H5N5O/c1-10-3-4(8-9-10)6-2-7-5(3)11/h2H,1H3,(H,6,7,11). The van der Waals surface area contributed by atoms with Gasteiger partial charge in [-0.25, -0.2) is 9.67 Å². The van der Waals surface area contributed by atoms with Gasteiger partial charge in [-0.15, -0.1) is 5.10 Å². The fourth-order valence-electron chi connectivity index (χ4n) is 0.902. The fourth-order valence-corrected chi connectivity index (χ4v) is 0.902. The molecule has 0 aliphatic heterocycles. The zero-order valence-corrected chi connectivity index (χ0v) is 5.77. The van der Waals surface area contributed by atoms with Crippen LogP contribution in [0.3, 0.4) is 0 Å². The van der Waals surface area contributed by atoms with E-state index in [0.717, 1.165) is 0 Å². The minimum Gasteiger partial charge on any atom is -0.311 e. The van der Waals surface area contributed by atoms with Crippen LogP contribution in [0.4, 0.5) is 0 Å². The minimum atomic E-state index is -0.220. The van der Waals surface area contributed by atoms with Gasteiger partial charge in [0.25, 0.3) is 5.56 Å². The van der Waals surface area contributed by atoms with E-state index in [9.17, 15) is 4.79 Å². The van der Waals surface area contributed by atoms with Crippen LogP contribution in [0, 0.1) is 0 Å². The quantitative estimate of drug-likeness (QED) is 0.526. The second kappa shape index (κ2) is 1.88. The monoisotopic (exact) mass is 151 g/mol. The number of hydrogen-bond donors (Lipinski definition) is 1. The Hall–Kier alpha value is -1.72. The summed E-state index contributed by atoms with van der Waals surface area (Å²) in [7, 11) is 1.65. The average Bonchev–Trinajstić information content (AvgIpc) is 2.34. The second-order valence-corrected chi connectivity index (χ2v) is 2.12. The van der Waals surface area contributed by atoms with Gasteiger partial charge in [0, 0.05) is 7.05 Å². The molecule has 0 amide bonds. The van der Waals surface area contributed by atoms with Crippen LogP contribution >= 0.6 is 0 Å². The lowest BCUT2D eigenvalue weighted by atomic mass is 10.5. The summed E-state index contributed by atoms with van der Waals surface area (Å²) in [4.78, 5) is 17.3. The number of hydrogen-bond acceptors (Lipinski definition) is 4. The lowest BCUT2D eigenvalue weighted by Gasteiger charge is -1.86. The van der Waals surface area contributed by atoms with E-state index in [2.05, 4.69) is 20.3 Å². The molecule has 0 saturated heterocycles. The van der Waals surface area contributed by atoms with E-state index in [-0.39, 0.29) is 5.56 Å². The van der Waals surface area contributed by atoms with Gasteiger partial charge in [0.15, 0.2) is 5.52 Å². The number of aromatic amines is 1. The summed E-state index contributed by atoms with van der Waals surface area (Å²) in [5.41, 5.74) is 0.547. The molecule has 2 aromatic heterocycles. The Morgan fingerprint density at radius 1 is 1.64 bits per heavy atom. The van der Waals surface area contributed by atoms with Crippen molar-refractivity contribution in [2.75, 3.05) is 0 Å². The van der Waals surface area contributed by atoms with Crippen LogP contribution in [-0.2, 0) is 7.05 Å². The van der Waals surface area contributed by atoms with Gasteiger partial charge >= 0.3 is 0 Å². The highest BCUT2D eigenvalue weighted by molar-refractivity contribution is 5.67. The first-order valence-corrected chi connectivity index (χ1v) is 3.02. The minimum absolute atomic E-state index is 0.220. The van der Waals surface area contributed by atoms with Crippen LogP contribution in [0.2, 0.25) is 0 Å². The van der Waals surface area contributed by atoms with Crippen molar-refractivity contribution in [2.45, 2.75) is 0 Å². The van der Waals surface area contributed by atoms with Crippen LogP contribution in [0.25, 0.3) is 11.2 Å². The van der Waals surface area contributed by atoms with Gasteiger partial charge in [-0.05, 0) is 0 Å². The molecule has 0 aromatic carbocycles. The number of aryl methyl sites for hydroxylation is 1. The van der Waals surface area contributed by atoms with Gasteiger partial charge < -0.3 is 4.98 Å². The van der Waals surface area contributed by atoms with Crippen LogP contribution in [0.1, 0.15) is 0 Å². The average molecular weight is 151 g/mol. The molecular weight excluding hydrogens is 146 g/mol. The molecule has 0 aliphatic rings. The Bertz CT molecular complexity index is 441. The number of H-pyrrole nitrogens is 1. The lowest BCUT2D eigenvalue weighted by molar-refractivity contribution is 0.733. The molecule has 1 N–H and O–H groups in total. The summed E-state index contributed by atoms with van der Waals surface area (Å²) in [5.74, 6) is 0. The van der Waals surface area contributed by atoms with Crippen molar-refractivity contribution in [3.05, 3.63) is 16.7 Å². The first-order chi connectivity index (χ1) is 5.29. The molecule has 2 heterocycles. The van der Waals surface area contributed by atoms with Gasteiger partial charge in [-0.1, -0.05) is 5.21 Å². The van der Waals surface area contributed by atoms with Crippen molar-refractivity contribution in [1.82, 2.24) is 25.0 Å². The van der Waals surface area contributed by atoms with Crippen molar-refractivity contribution in [3.8, 4) is 0 Å². The van der Waals surface area contributed by atoms with Gasteiger partial charge in [-0.2, -0.15) is 0 Å². The Labute approximate surface area is 60.9 Å².